The molecule has 1 aromatic carbocycles. The Morgan fingerprint density at radius 3 is 2.85 bits per heavy atom. The van der Waals surface area contributed by atoms with Crippen LogP contribution >= 0.6 is 11.6 Å². The fraction of sp³-hybridized carbons (Fsp3) is 0.526. The maximum Gasteiger partial charge on any atom is 0.241 e. The lowest BCUT2D eigenvalue weighted by Gasteiger charge is -2.35. The number of anilines is 1. The fourth-order valence-electron chi connectivity index (χ4n) is 4.00. The highest BCUT2D eigenvalue weighted by atomic mass is 35.5. The quantitative estimate of drug-likeness (QED) is 0.894. The van der Waals surface area contributed by atoms with Crippen molar-refractivity contribution in [2.24, 2.45) is 0 Å². The summed E-state index contributed by atoms with van der Waals surface area (Å²) >= 11 is 5.99. The van der Waals surface area contributed by atoms with Crippen molar-refractivity contribution < 1.29 is 4.79 Å². The number of benzene rings is 1. The number of amides is 1. The number of likely N-dealkylation sites (tertiary alicyclic amines) is 1. The first-order chi connectivity index (χ1) is 12.6. The largest absolute Gasteiger partial charge is 0.325 e. The molecule has 1 saturated heterocycles. The van der Waals surface area contributed by atoms with Crippen LogP contribution in [-0.2, 0) is 17.8 Å². The highest BCUT2D eigenvalue weighted by Gasteiger charge is 2.31. The van der Waals surface area contributed by atoms with Gasteiger partial charge in [0, 0.05) is 29.6 Å². The van der Waals surface area contributed by atoms with Gasteiger partial charge < -0.3 is 9.88 Å². The summed E-state index contributed by atoms with van der Waals surface area (Å²) < 4.78 is 2.30. The van der Waals surface area contributed by atoms with Crippen molar-refractivity contribution in [1.29, 1.82) is 0 Å². The van der Waals surface area contributed by atoms with Gasteiger partial charge >= 0.3 is 0 Å². The highest BCUT2D eigenvalue weighted by Crippen LogP contribution is 2.30. The Labute approximate surface area is 158 Å². The second-order valence-electron chi connectivity index (χ2n) is 7.22. The van der Waals surface area contributed by atoms with E-state index in [0.717, 1.165) is 56.2 Å². The molecule has 0 spiro atoms. The molecule has 6 nitrogen and oxygen atoms in total. The predicted octanol–water partition coefficient (Wildman–Crippen LogP) is 3.08. The Kier molecular flexibility index (Phi) is 4.96. The molecule has 0 unspecified atom stereocenters. The van der Waals surface area contributed by atoms with E-state index in [9.17, 15) is 4.79 Å². The van der Waals surface area contributed by atoms with Crippen molar-refractivity contribution in [3.05, 3.63) is 40.9 Å². The van der Waals surface area contributed by atoms with Crippen LogP contribution in [0.15, 0.2) is 24.3 Å². The number of hydrogen-bond acceptors (Lipinski definition) is 4. The fourth-order valence-corrected chi connectivity index (χ4v) is 4.19. The topological polar surface area (TPSA) is 63.1 Å². The van der Waals surface area contributed by atoms with Gasteiger partial charge in [0.05, 0.1) is 6.04 Å². The minimum atomic E-state index is -0.168. The summed E-state index contributed by atoms with van der Waals surface area (Å²) in [7, 11) is 0. The van der Waals surface area contributed by atoms with Crippen LogP contribution in [0.25, 0.3) is 0 Å². The maximum atomic E-state index is 12.6. The monoisotopic (exact) mass is 373 g/mol. The number of fused-ring (bicyclic) bond motifs is 1. The molecule has 0 saturated carbocycles. The molecule has 3 heterocycles. The van der Waals surface area contributed by atoms with Crippen LogP contribution in [0.3, 0.4) is 0 Å². The third-order valence-corrected chi connectivity index (χ3v) is 5.79. The smallest absolute Gasteiger partial charge is 0.241 e. The van der Waals surface area contributed by atoms with Gasteiger partial charge in [-0.15, -0.1) is 10.2 Å². The van der Waals surface area contributed by atoms with Gasteiger partial charge in [0.1, 0.15) is 11.6 Å². The molecule has 0 bridgehead atoms. The van der Waals surface area contributed by atoms with Gasteiger partial charge in [0.2, 0.25) is 5.91 Å². The molecule has 2 aliphatic heterocycles. The first-order valence-electron chi connectivity index (χ1n) is 9.34. The van der Waals surface area contributed by atoms with Gasteiger partial charge in [-0.2, -0.15) is 0 Å². The first-order valence-corrected chi connectivity index (χ1v) is 9.72. The number of carbonyl (C=O) groups is 1. The number of halogens is 1. The zero-order valence-corrected chi connectivity index (χ0v) is 15.7. The normalized spacial score (nSPS) is 19.3. The standard InChI is InChI=1S/C19H24ClN5O/c1-13(19(26)21-16-5-2-4-15(20)12-16)24-10-7-14(8-11-24)18-23-22-17-6-3-9-25(17)18/h2,4-5,12-14H,3,6-11H2,1H3,(H,21,26)/t13-/m1/s1. The van der Waals surface area contributed by atoms with Crippen molar-refractivity contribution in [2.45, 2.75) is 51.1 Å². The van der Waals surface area contributed by atoms with Gasteiger partial charge in [-0.05, 0) is 57.5 Å². The average Bonchev–Trinajstić information content (AvgIpc) is 3.25. The van der Waals surface area contributed by atoms with Crippen molar-refractivity contribution in [1.82, 2.24) is 19.7 Å². The minimum absolute atomic E-state index is 0.00841. The number of nitrogens with one attached hydrogen (secondary N) is 1. The second-order valence-corrected chi connectivity index (χ2v) is 7.65. The van der Waals surface area contributed by atoms with Crippen molar-refractivity contribution >= 4 is 23.2 Å². The molecular formula is C19H24ClN5O. The SMILES string of the molecule is C[C@H](C(=O)Nc1cccc(Cl)c1)N1CCC(c2nnc3n2CCC3)CC1. The van der Waals surface area contributed by atoms with E-state index < -0.39 is 0 Å². The van der Waals surface area contributed by atoms with Crippen molar-refractivity contribution in [2.75, 3.05) is 18.4 Å². The minimum Gasteiger partial charge on any atom is -0.325 e. The Morgan fingerprint density at radius 1 is 1.27 bits per heavy atom. The van der Waals surface area contributed by atoms with E-state index in [1.807, 2.05) is 19.1 Å². The second kappa shape index (κ2) is 7.37. The predicted molar refractivity (Wildman–Crippen MR) is 101 cm³/mol. The van der Waals surface area contributed by atoms with Crippen molar-refractivity contribution in [3.63, 3.8) is 0 Å². The van der Waals surface area contributed by atoms with Crippen LogP contribution in [0.4, 0.5) is 5.69 Å². The van der Waals surface area contributed by atoms with Crippen LogP contribution in [0, 0.1) is 0 Å². The maximum absolute atomic E-state index is 12.6. The number of aryl methyl sites for hydroxylation is 1. The molecule has 2 aliphatic rings. The molecule has 0 aliphatic carbocycles. The van der Waals surface area contributed by atoms with E-state index in [4.69, 9.17) is 11.6 Å². The molecule has 1 atom stereocenters. The van der Waals surface area contributed by atoms with E-state index in [1.165, 1.54) is 6.42 Å². The molecule has 2 aromatic rings. The Morgan fingerprint density at radius 2 is 2.08 bits per heavy atom. The number of nitrogens with zero attached hydrogens (tertiary/aromatic N) is 4. The summed E-state index contributed by atoms with van der Waals surface area (Å²) in [5.41, 5.74) is 0.739. The Hall–Kier alpha value is -1.92. The number of piperidine rings is 1. The van der Waals surface area contributed by atoms with Crippen LogP contribution in [-0.4, -0.2) is 44.7 Å². The van der Waals surface area contributed by atoms with E-state index in [2.05, 4.69) is 25.0 Å². The molecular weight excluding hydrogens is 350 g/mol. The summed E-state index contributed by atoms with van der Waals surface area (Å²) in [5, 5.41) is 12.3. The summed E-state index contributed by atoms with van der Waals surface area (Å²) in [6, 6.07) is 7.09. The van der Waals surface area contributed by atoms with Crippen molar-refractivity contribution in [3.8, 4) is 0 Å². The summed E-state index contributed by atoms with van der Waals surface area (Å²) in [5.74, 6) is 2.74. The lowest BCUT2D eigenvalue weighted by atomic mass is 9.95. The molecule has 7 heteroatoms. The summed E-state index contributed by atoms with van der Waals surface area (Å²) in [6.07, 6.45) is 4.27. The number of aromatic nitrogens is 3. The average molecular weight is 374 g/mol. The third-order valence-electron chi connectivity index (χ3n) is 5.55. The van der Waals surface area contributed by atoms with Gasteiger partial charge in [0.25, 0.3) is 0 Å². The number of hydrogen-bond donors (Lipinski definition) is 1. The van der Waals surface area contributed by atoms with E-state index in [1.54, 1.807) is 12.1 Å². The first kappa shape index (κ1) is 17.5. The molecule has 0 radical (unpaired) electrons. The molecule has 26 heavy (non-hydrogen) atoms. The molecule has 1 N–H and O–H groups in total. The highest BCUT2D eigenvalue weighted by molar-refractivity contribution is 6.30. The zero-order valence-electron chi connectivity index (χ0n) is 15.0. The van der Waals surface area contributed by atoms with E-state index >= 15 is 0 Å². The zero-order chi connectivity index (χ0) is 18.1. The Balaban J connectivity index is 1.34. The summed E-state index contributed by atoms with van der Waals surface area (Å²) in [6.45, 7) is 4.82. The number of rotatable bonds is 4. The van der Waals surface area contributed by atoms with E-state index in [-0.39, 0.29) is 11.9 Å². The van der Waals surface area contributed by atoms with Crippen LogP contribution in [0.1, 0.15) is 43.8 Å². The van der Waals surface area contributed by atoms with E-state index in [0.29, 0.717) is 10.9 Å². The van der Waals surface area contributed by atoms with Gasteiger partial charge in [-0.1, -0.05) is 17.7 Å². The molecule has 1 aromatic heterocycles. The lowest BCUT2D eigenvalue weighted by molar-refractivity contribution is -0.121. The van der Waals surface area contributed by atoms with Gasteiger partial charge in [-0.25, -0.2) is 0 Å². The molecule has 1 fully saturated rings. The van der Waals surface area contributed by atoms with Gasteiger partial charge in [0.15, 0.2) is 0 Å². The summed E-state index contributed by atoms with van der Waals surface area (Å²) in [4.78, 5) is 14.8. The molecule has 4 rings (SSSR count). The number of carbonyl (C=O) groups excluding carboxylic acids is 1. The Bertz CT molecular complexity index is 797. The molecule has 1 amide bonds. The molecule has 138 valence electrons. The lowest BCUT2D eigenvalue weighted by Crippen LogP contribution is -2.46. The van der Waals surface area contributed by atoms with Crippen LogP contribution in [0.2, 0.25) is 5.02 Å². The van der Waals surface area contributed by atoms with Crippen LogP contribution in [0.5, 0.6) is 0 Å². The van der Waals surface area contributed by atoms with Gasteiger partial charge in [-0.3, -0.25) is 9.69 Å². The third kappa shape index (κ3) is 3.48. The van der Waals surface area contributed by atoms with Crippen LogP contribution < -0.4 is 5.32 Å².